The van der Waals surface area contributed by atoms with Crippen LogP contribution in [0.15, 0.2) is 78.1 Å². The lowest BCUT2D eigenvalue weighted by atomic mass is 9.75. The smallest absolute Gasteiger partial charge is 0.379 e. The molecule has 6 heterocycles. The molecule has 0 bridgehead atoms. The Balaban J connectivity index is 0.863. The maximum absolute atomic E-state index is 14.5. The van der Waals surface area contributed by atoms with E-state index in [9.17, 15) is 18.0 Å². The van der Waals surface area contributed by atoms with Crippen LogP contribution in [0.3, 0.4) is 0 Å². The molecule has 0 saturated carbocycles. The Morgan fingerprint density at radius 3 is 2.34 bits per heavy atom. The van der Waals surface area contributed by atoms with Gasteiger partial charge in [0, 0.05) is 83.6 Å². The monoisotopic (exact) mass is 774 g/mol. The summed E-state index contributed by atoms with van der Waals surface area (Å²) < 4.78 is 65.5. The zero-order valence-electron chi connectivity index (χ0n) is 31.7. The third-order valence-corrected chi connectivity index (χ3v) is 11.4. The summed E-state index contributed by atoms with van der Waals surface area (Å²) in [6.45, 7) is 9.25. The lowest BCUT2D eigenvalue weighted by Crippen LogP contribution is -2.49. The van der Waals surface area contributed by atoms with E-state index in [1.807, 2.05) is 29.8 Å². The fraction of sp³-hybridized carbons (Fsp3) is 0.488. The second-order valence-electron chi connectivity index (χ2n) is 15.4. The molecule has 2 aromatic carbocycles. The number of ether oxygens (including phenoxy) is 3. The van der Waals surface area contributed by atoms with Crippen LogP contribution >= 0.6 is 0 Å². The molecule has 5 aromatic rings. The number of alkyl halides is 3. The molecular formula is C41H49F3N8O4. The van der Waals surface area contributed by atoms with Crippen molar-refractivity contribution in [3.63, 3.8) is 0 Å². The SMILES string of the molecule is Cn1cnnc1CC1(c2cccc(-n3cc4c(C(F)(F)F)cc(CN5CCC(OCCOCc6ccc(CN7CCNCC7)cc6)CC5)cn4c3=O)c2)COC1. The third kappa shape index (κ3) is 8.62. The third-order valence-electron chi connectivity index (χ3n) is 11.4. The molecule has 56 heavy (non-hydrogen) atoms. The molecule has 15 heteroatoms. The Morgan fingerprint density at radius 2 is 1.64 bits per heavy atom. The van der Waals surface area contributed by atoms with E-state index in [1.165, 1.54) is 22.4 Å². The van der Waals surface area contributed by atoms with Gasteiger partial charge in [-0.15, -0.1) is 10.2 Å². The highest BCUT2D eigenvalue weighted by Crippen LogP contribution is 2.37. The standard InChI is InChI=1S/C41H49F3N8O4/c1-48-29-46-47-38(48)21-40(27-55-28-40)33-3-2-4-34(20-33)51-25-37-36(41(42,43)44)19-32(24-52(37)39(51)53)23-49-13-9-35(10-14-49)56-18-17-54-26-31-7-5-30(6-8-31)22-50-15-11-45-12-16-50/h2-8,19-20,24-25,29,35,45H,9-18,21-23,26-28H2,1H3. The van der Waals surface area contributed by atoms with E-state index < -0.39 is 17.4 Å². The van der Waals surface area contributed by atoms with Crippen molar-refractivity contribution in [3.8, 4) is 5.69 Å². The van der Waals surface area contributed by atoms with Crippen molar-refractivity contribution < 1.29 is 27.4 Å². The highest BCUT2D eigenvalue weighted by molar-refractivity contribution is 5.58. The first-order chi connectivity index (χ1) is 27.1. The first-order valence-corrected chi connectivity index (χ1v) is 19.4. The molecule has 0 spiro atoms. The van der Waals surface area contributed by atoms with E-state index in [1.54, 1.807) is 18.6 Å². The summed E-state index contributed by atoms with van der Waals surface area (Å²) in [7, 11) is 1.88. The number of benzene rings is 2. The Hall–Kier alpha value is -4.38. The van der Waals surface area contributed by atoms with Crippen LogP contribution in [0.4, 0.5) is 13.2 Å². The molecule has 3 saturated heterocycles. The zero-order valence-corrected chi connectivity index (χ0v) is 31.7. The normalized spacial score (nSPS) is 18.4. The number of aryl methyl sites for hydroxylation is 1. The van der Waals surface area contributed by atoms with Gasteiger partial charge in [0.1, 0.15) is 12.2 Å². The maximum atomic E-state index is 14.5. The fourth-order valence-corrected chi connectivity index (χ4v) is 8.04. The molecule has 3 aliphatic rings. The number of hydrogen-bond donors (Lipinski definition) is 1. The van der Waals surface area contributed by atoms with Gasteiger partial charge in [-0.3, -0.25) is 18.8 Å². The van der Waals surface area contributed by atoms with E-state index in [0.717, 1.165) is 66.9 Å². The van der Waals surface area contributed by atoms with Crippen LogP contribution in [0.25, 0.3) is 11.2 Å². The summed E-state index contributed by atoms with van der Waals surface area (Å²) in [6.07, 6.45) is 1.99. The van der Waals surface area contributed by atoms with Crippen LogP contribution in [0.1, 0.15) is 46.5 Å². The van der Waals surface area contributed by atoms with E-state index in [0.29, 0.717) is 70.3 Å². The van der Waals surface area contributed by atoms with Gasteiger partial charge in [0.15, 0.2) is 0 Å². The average Bonchev–Trinajstić information content (AvgIpc) is 3.75. The molecule has 3 fully saturated rings. The molecule has 0 radical (unpaired) electrons. The molecule has 1 N–H and O–H groups in total. The Morgan fingerprint density at radius 1 is 0.911 bits per heavy atom. The summed E-state index contributed by atoms with van der Waals surface area (Å²) in [6, 6.07) is 17.1. The van der Waals surface area contributed by atoms with E-state index in [2.05, 4.69) is 49.6 Å². The summed E-state index contributed by atoms with van der Waals surface area (Å²) in [5.74, 6) is 0.795. The van der Waals surface area contributed by atoms with E-state index >= 15 is 0 Å². The van der Waals surface area contributed by atoms with E-state index in [4.69, 9.17) is 14.2 Å². The predicted molar refractivity (Wildman–Crippen MR) is 204 cm³/mol. The molecule has 0 atom stereocenters. The van der Waals surface area contributed by atoms with Gasteiger partial charge in [0.25, 0.3) is 0 Å². The lowest BCUT2D eigenvalue weighted by Gasteiger charge is -2.41. The number of nitrogens with zero attached hydrogens (tertiary/aromatic N) is 7. The Bertz CT molecular complexity index is 2150. The van der Waals surface area contributed by atoms with Crippen molar-refractivity contribution >= 4 is 5.52 Å². The number of imidazole rings is 1. The number of halogens is 3. The number of aromatic nitrogens is 5. The number of likely N-dealkylation sites (tertiary alicyclic amines) is 1. The second-order valence-corrected chi connectivity index (χ2v) is 15.4. The first-order valence-electron chi connectivity index (χ1n) is 19.4. The molecular weight excluding hydrogens is 725 g/mol. The van der Waals surface area contributed by atoms with Gasteiger partial charge in [-0.05, 0) is 53.3 Å². The lowest BCUT2D eigenvalue weighted by molar-refractivity contribution is -0.136. The van der Waals surface area contributed by atoms with Crippen LogP contribution in [0, 0.1) is 0 Å². The number of rotatable bonds is 14. The number of hydrogen-bond acceptors (Lipinski definition) is 9. The topological polar surface area (TPSA) is 103 Å². The summed E-state index contributed by atoms with van der Waals surface area (Å²) in [5.41, 5.74) is 2.31. The van der Waals surface area contributed by atoms with E-state index in [-0.39, 0.29) is 17.0 Å². The quantitative estimate of drug-likeness (QED) is 0.165. The van der Waals surface area contributed by atoms with Gasteiger partial charge in [-0.1, -0.05) is 36.4 Å². The number of piperidine rings is 1. The molecule has 0 aliphatic carbocycles. The van der Waals surface area contributed by atoms with Gasteiger partial charge in [0.2, 0.25) is 0 Å². The number of fused-ring (bicyclic) bond motifs is 1. The second kappa shape index (κ2) is 16.6. The van der Waals surface area contributed by atoms with Gasteiger partial charge < -0.3 is 24.1 Å². The Kier molecular flexibility index (Phi) is 11.4. The van der Waals surface area contributed by atoms with Crippen LogP contribution < -0.4 is 11.0 Å². The fourth-order valence-electron chi connectivity index (χ4n) is 8.04. The summed E-state index contributed by atoms with van der Waals surface area (Å²) in [4.78, 5) is 18.4. The van der Waals surface area contributed by atoms with Crippen LogP contribution in [-0.2, 0) is 59.0 Å². The maximum Gasteiger partial charge on any atom is 0.418 e. The zero-order chi connectivity index (χ0) is 38.7. The average molecular weight is 775 g/mol. The number of pyridine rings is 1. The van der Waals surface area contributed by atoms with Crippen molar-refractivity contribution in [1.29, 1.82) is 0 Å². The van der Waals surface area contributed by atoms with Crippen LogP contribution in [-0.4, -0.2) is 105 Å². The molecule has 3 aromatic heterocycles. The minimum absolute atomic E-state index is 0.0609. The largest absolute Gasteiger partial charge is 0.418 e. The number of nitrogens with one attached hydrogen (secondary N) is 1. The van der Waals surface area contributed by atoms with Crippen molar-refractivity contribution in [2.24, 2.45) is 7.05 Å². The highest BCUT2D eigenvalue weighted by atomic mass is 19.4. The van der Waals surface area contributed by atoms with Crippen molar-refractivity contribution in [2.75, 3.05) is 65.7 Å². The van der Waals surface area contributed by atoms with Gasteiger partial charge in [-0.25, -0.2) is 4.79 Å². The summed E-state index contributed by atoms with van der Waals surface area (Å²) in [5, 5.41) is 11.6. The highest BCUT2D eigenvalue weighted by Gasteiger charge is 2.42. The summed E-state index contributed by atoms with van der Waals surface area (Å²) >= 11 is 0. The Labute approximate surface area is 323 Å². The number of piperazine rings is 1. The van der Waals surface area contributed by atoms with Crippen LogP contribution in [0.5, 0.6) is 0 Å². The first kappa shape index (κ1) is 38.5. The van der Waals surface area contributed by atoms with Crippen LogP contribution in [0.2, 0.25) is 0 Å². The van der Waals surface area contributed by atoms with Crippen molar-refractivity contribution in [2.45, 2.75) is 56.7 Å². The van der Waals surface area contributed by atoms with Gasteiger partial charge >= 0.3 is 11.9 Å². The van der Waals surface area contributed by atoms with Gasteiger partial charge in [0.05, 0.1) is 55.9 Å². The van der Waals surface area contributed by atoms with Gasteiger partial charge in [-0.2, -0.15) is 13.2 Å². The molecule has 3 aliphatic heterocycles. The molecule has 8 rings (SSSR count). The van der Waals surface area contributed by atoms with Crippen molar-refractivity contribution in [3.05, 3.63) is 117 Å². The predicted octanol–water partition coefficient (Wildman–Crippen LogP) is 4.35. The minimum Gasteiger partial charge on any atom is -0.379 e. The molecule has 12 nitrogen and oxygen atoms in total. The molecule has 0 amide bonds. The molecule has 298 valence electrons. The minimum atomic E-state index is -4.65. The molecule has 0 unspecified atom stereocenters. The van der Waals surface area contributed by atoms with Crippen molar-refractivity contribution in [1.82, 2.24) is 38.8 Å².